The van der Waals surface area contributed by atoms with E-state index in [0.717, 1.165) is 12.8 Å². The van der Waals surface area contributed by atoms with Gasteiger partial charge in [0.05, 0.1) is 10.7 Å². The second-order valence-corrected chi connectivity index (χ2v) is 14.1. The Balaban J connectivity index is 1.54. The molecule has 14 heteroatoms. The van der Waals surface area contributed by atoms with Crippen LogP contribution in [0.15, 0.2) is 36.4 Å². The molecule has 3 aliphatic rings. The number of nitrogens with zero attached hydrogens (tertiary/aromatic N) is 1. The molecule has 1 aromatic rings. The van der Waals surface area contributed by atoms with Crippen LogP contribution in [0.2, 0.25) is 5.02 Å². The number of para-hydroxylation sites is 1. The topological polar surface area (TPSA) is 163 Å². The summed E-state index contributed by atoms with van der Waals surface area (Å²) in [5.74, 6) is -2.36. The predicted octanol–water partition coefficient (Wildman–Crippen LogP) is 3.39. The number of rotatable bonds is 5. The van der Waals surface area contributed by atoms with Crippen LogP contribution in [-0.2, 0) is 29.3 Å². The number of hydrogen-bond donors (Lipinski definition) is 4. The lowest BCUT2D eigenvalue weighted by Gasteiger charge is -2.30. The number of carbonyl (C=O) groups excluding carboxylic acids is 4. The van der Waals surface area contributed by atoms with E-state index in [1.807, 2.05) is 16.9 Å². The Bertz CT molecular complexity index is 1380. The summed E-state index contributed by atoms with van der Waals surface area (Å²) in [5.41, 5.74) is -1.98. The Hall–Kier alpha value is -3.32. The third-order valence-electron chi connectivity index (χ3n) is 7.66. The largest absolute Gasteiger partial charge is 0.436 e. The molecule has 1 saturated heterocycles. The first-order valence-corrected chi connectivity index (χ1v) is 16.4. The first-order valence-electron chi connectivity index (χ1n) is 14.6. The highest BCUT2D eigenvalue weighted by Crippen LogP contribution is 2.45. The van der Waals surface area contributed by atoms with E-state index < -0.39 is 63.2 Å². The number of anilines is 1. The summed E-state index contributed by atoms with van der Waals surface area (Å²) >= 11 is 6.07. The number of alkyl carbamates (subject to hydrolysis) is 1. The van der Waals surface area contributed by atoms with Crippen molar-refractivity contribution in [2.75, 3.05) is 11.3 Å². The molecule has 0 radical (unpaired) electrons. The molecule has 0 bridgehead atoms. The fraction of sp³-hybridized carbons (Fsp3) is 0.586. The van der Waals surface area contributed by atoms with Crippen LogP contribution in [0.3, 0.4) is 0 Å². The van der Waals surface area contributed by atoms with Crippen molar-refractivity contribution >= 4 is 51.3 Å². The van der Waals surface area contributed by atoms with Crippen molar-refractivity contribution < 1.29 is 32.3 Å². The second-order valence-electron chi connectivity index (χ2n) is 12.3. The van der Waals surface area contributed by atoms with E-state index in [-0.39, 0.29) is 23.7 Å². The van der Waals surface area contributed by atoms with Gasteiger partial charge in [0.15, 0.2) is 6.10 Å². The number of carbonyl (C=O) groups is 4. The molecule has 4 atom stereocenters. The molecule has 4 rings (SSSR count). The molecule has 12 nitrogen and oxygen atoms in total. The minimum Gasteiger partial charge on any atom is -0.436 e. The number of amides is 4. The van der Waals surface area contributed by atoms with Crippen molar-refractivity contribution in [1.82, 2.24) is 20.3 Å². The summed E-state index contributed by atoms with van der Waals surface area (Å²) in [5, 5.41) is 5.64. The number of benzene rings is 1. The van der Waals surface area contributed by atoms with Crippen molar-refractivity contribution in [3.63, 3.8) is 0 Å². The molecule has 0 aromatic heterocycles. The molecule has 2 heterocycles. The molecule has 1 aromatic carbocycles. The molecule has 0 unspecified atom stereocenters. The molecule has 236 valence electrons. The monoisotopic (exact) mass is 637 g/mol. The smallest absolute Gasteiger partial charge is 0.408 e. The Morgan fingerprint density at radius 2 is 1.84 bits per heavy atom. The van der Waals surface area contributed by atoms with E-state index in [1.54, 1.807) is 32.9 Å². The van der Waals surface area contributed by atoms with Gasteiger partial charge in [-0.3, -0.25) is 19.1 Å². The highest BCUT2D eigenvalue weighted by Gasteiger charge is 2.61. The molecule has 1 saturated carbocycles. The maximum absolute atomic E-state index is 13.7. The van der Waals surface area contributed by atoms with E-state index in [2.05, 4.69) is 15.4 Å². The number of fused-ring (bicyclic) bond motifs is 2. The maximum atomic E-state index is 13.7. The van der Waals surface area contributed by atoms with Crippen LogP contribution in [0.1, 0.15) is 72.1 Å². The lowest BCUT2D eigenvalue weighted by atomic mass is 10.1. The van der Waals surface area contributed by atoms with Gasteiger partial charge >= 0.3 is 16.3 Å². The zero-order chi connectivity index (χ0) is 31.4. The third kappa shape index (κ3) is 8.41. The van der Waals surface area contributed by atoms with Gasteiger partial charge < -0.3 is 20.3 Å². The van der Waals surface area contributed by atoms with Gasteiger partial charge in [-0.25, -0.2) is 9.52 Å². The predicted molar refractivity (Wildman–Crippen MR) is 161 cm³/mol. The Morgan fingerprint density at radius 1 is 1.09 bits per heavy atom. The van der Waals surface area contributed by atoms with Gasteiger partial charge in [-0.05, 0) is 77.8 Å². The quantitative estimate of drug-likeness (QED) is 0.360. The maximum Gasteiger partial charge on any atom is 0.408 e. The van der Waals surface area contributed by atoms with Crippen molar-refractivity contribution in [3.05, 3.63) is 41.4 Å². The third-order valence-corrected chi connectivity index (χ3v) is 8.93. The Kier molecular flexibility index (Phi) is 9.95. The molecule has 43 heavy (non-hydrogen) atoms. The molecule has 4 amide bonds. The van der Waals surface area contributed by atoms with Crippen LogP contribution in [0.4, 0.5) is 10.5 Å². The summed E-state index contributed by atoms with van der Waals surface area (Å²) < 4.78 is 35.6. The van der Waals surface area contributed by atoms with E-state index in [4.69, 9.17) is 16.3 Å². The van der Waals surface area contributed by atoms with Gasteiger partial charge in [-0.15, -0.1) is 0 Å². The van der Waals surface area contributed by atoms with E-state index in [9.17, 15) is 27.6 Å². The highest BCUT2D eigenvalue weighted by molar-refractivity contribution is 7.91. The van der Waals surface area contributed by atoms with Crippen molar-refractivity contribution in [3.8, 4) is 0 Å². The van der Waals surface area contributed by atoms with E-state index in [0.29, 0.717) is 32.1 Å². The molecule has 2 fully saturated rings. The van der Waals surface area contributed by atoms with Crippen molar-refractivity contribution in [1.29, 1.82) is 0 Å². The summed E-state index contributed by atoms with van der Waals surface area (Å²) in [6, 6.07) is 5.28. The second kappa shape index (κ2) is 13.1. The van der Waals surface area contributed by atoms with Crippen molar-refractivity contribution in [2.45, 2.75) is 95.4 Å². The average Bonchev–Trinajstić information content (AvgIpc) is 3.36. The zero-order valence-corrected chi connectivity index (χ0v) is 26.2. The minimum absolute atomic E-state index is 0.0911. The van der Waals surface area contributed by atoms with Crippen LogP contribution < -0.4 is 20.1 Å². The number of ether oxygens (including phenoxy) is 1. The molecule has 2 aliphatic heterocycles. The minimum atomic E-state index is -4.39. The molecule has 4 N–H and O–H groups in total. The molecular formula is C29H40ClN5O7S. The van der Waals surface area contributed by atoms with Crippen molar-refractivity contribution in [2.24, 2.45) is 5.92 Å². The summed E-state index contributed by atoms with van der Waals surface area (Å²) in [6.45, 7) is 5.69. The van der Waals surface area contributed by atoms with Crippen LogP contribution >= 0.6 is 11.6 Å². The van der Waals surface area contributed by atoms with Gasteiger partial charge in [0.1, 0.15) is 11.6 Å². The number of allylic oxidation sites excluding steroid dienone is 1. The number of halogens is 1. The summed E-state index contributed by atoms with van der Waals surface area (Å²) in [4.78, 5) is 54.7. The molecule has 1 aliphatic carbocycles. The van der Waals surface area contributed by atoms with Gasteiger partial charge in [-0.1, -0.05) is 42.3 Å². The van der Waals surface area contributed by atoms with Gasteiger partial charge in [-0.2, -0.15) is 8.42 Å². The average molecular weight is 638 g/mol. The van der Waals surface area contributed by atoms with Crippen LogP contribution in [-0.4, -0.2) is 66.9 Å². The van der Waals surface area contributed by atoms with Crippen LogP contribution in [0.25, 0.3) is 0 Å². The van der Waals surface area contributed by atoms with Crippen LogP contribution in [0, 0.1) is 5.92 Å². The lowest BCUT2D eigenvalue weighted by molar-refractivity contribution is -0.146. The molecular weight excluding hydrogens is 598 g/mol. The SMILES string of the molecule is CC(C)(C)NC(=O)O[C@H]1CCCCCC=C[C@@H]2C[C@@]2(C(=O)NS(=O)(=O)Nc2ccccc2Cl)NC(=O)[C@@H]2CCCN2C1=O. The zero-order valence-electron chi connectivity index (χ0n) is 24.7. The standard InChI is InChI=1S/C29H40ClN5O7S/c1-28(2,3)32-27(39)42-23-16-8-6-4-5-7-12-19-18-29(19,31-24(36)22-15-11-17-35(22)25(23)37)26(38)34-43(40,41)33-21-14-10-9-13-20(21)30/h7,9-10,12-14,19,22-23,33H,4-6,8,11,15-18H2,1-3H3,(H,31,36)(H,32,39)(H,34,38)/t19-,22+,23+,29-/m1/s1. The van der Waals surface area contributed by atoms with E-state index in [1.165, 1.54) is 17.0 Å². The Morgan fingerprint density at radius 3 is 2.56 bits per heavy atom. The summed E-state index contributed by atoms with van der Waals surface area (Å²) in [6.07, 6.45) is 6.28. The van der Waals surface area contributed by atoms with Gasteiger partial charge in [0.25, 0.3) is 11.8 Å². The first-order chi connectivity index (χ1) is 20.2. The van der Waals surface area contributed by atoms with Gasteiger partial charge in [0, 0.05) is 18.0 Å². The number of hydrogen-bond acceptors (Lipinski definition) is 7. The van der Waals surface area contributed by atoms with E-state index >= 15 is 0 Å². The fourth-order valence-corrected chi connectivity index (χ4v) is 6.61. The lowest BCUT2D eigenvalue weighted by Crippen LogP contribution is -2.57. The number of nitrogens with one attached hydrogen (secondary N) is 4. The molecule has 0 spiro atoms. The summed E-state index contributed by atoms with van der Waals surface area (Å²) in [7, 11) is -4.39. The Labute approximate surface area is 257 Å². The fourth-order valence-electron chi connectivity index (χ4n) is 5.43. The highest BCUT2D eigenvalue weighted by atomic mass is 35.5. The first kappa shape index (κ1) is 32.6. The van der Waals surface area contributed by atoms with Crippen LogP contribution in [0.5, 0.6) is 0 Å². The normalized spacial score (nSPS) is 26.6. The van der Waals surface area contributed by atoms with Gasteiger partial charge in [0.2, 0.25) is 5.91 Å².